The highest BCUT2D eigenvalue weighted by atomic mass is 35.5. The summed E-state index contributed by atoms with van der Waals surface area (Å²) in [4.78, 5) is 17.8. The van der Waals surface area contributed by atoms with Crippen LogP contribution in [-0.4, -0.2) is 22.3 Å². The van der Waals surface area contributed by atoms with E-state index in [4.69, 9.17) is 11.6 Å². The Morgan fingerprint density at radius 1 is 1.56 bits per heavy atom. The van der Waals surface area contributed by atoms with Crippen LogP contribution in [0.1, 0.15) is 25.5 Å². The number of halogens is 1. The number of nitrogens with zero attached hydrogens (tertiary/aromatic N) is 2. The number of pyridine rings is 1. The van der Waals surface area contributed by atoms with Gasteiger partial charge in [-0.25, -0.2) is 4.98 Å². The van der Waals surface area contributed by atoms with Crippen molar-refractivity contribution in [1.29, 1.82) is 0 Å². The lowest BCUT2D eigenvalue weighted by molar-refractivity contribution is -0.128. The zero-order valence-electron chi connectivity index (χ0n) is 9.32. The molecule has 4 heteroatoms. The number of rotatable bonds is 3. The molecule has 0 saturated carbocycles. The average molecular weight is 239 g/mol. The number of carbonyl (C=O) groups excluding carboxylic acids is 1. The van der Waals surface area contributed by atoms with Crippen molar-refractivity contribution >= 4 is 17.5 Å². The second kappa shape index (κ2) is 4.83. The first-order valence-corrected chi connectivity index (χ1v) is 5.96. The van der Waals surface area contributed by atoms with E-state index in [0.29, 0.717) is 24.0 Å². The second-order valence-corrected chi connectivity index (χ2v) is 4.59. The third-order valence-electron chi connectivity index (χ3n) is 3.00. The van der Waals surface area contributed by atoms with Gasteiger partial charge in [-0.2, -0.15) is 0 Å². The van der Waals surface area contributed by atoms with Crippen molar-refractivity contribution in [1.82, 2.24) is 9.88 Å². The summed E-state index contributed by atoms with van der Waals surface area (Å²) in [6.45, 7) is 3.55. The normalized spacial score (nSPS) is 20.5. The Bertz CT molecular complexity index is 394. The number of likely N-dealkylation sites (tertiary alicyclic amines) is 1. The summed E-state index contributed by atoms with van der Waals surface area (Å²) in [5.74, 6) is 0.736. The zero-order chi connectivity index (χ0) is 11.5. The molecule has 1 unspecified atom stereocenters. The van der Waals surface area contributed by atoms with Gasteiger partial charge in [0.2, 0.25) is 5.91 Å². The minimum absolute atomic E-state index is 0.230. The summed E-state index contributed by atoms with van der Waals surface area (Å²) >= 11 is 5.81. The lowest BCUT2D eigenvalue weighted by Crippen LogP contribution is -2.25. The molecule has 1 aromatic heterocycles. The molecule has 0 aromatic carbocycles. The van der Waals surface area contributed by atoms with Crippen LogP contribution in [0.4, 0.5) is 0 Å². The van der Waals surface area contributed by atoms with Gasteiger partial charge in [-0.15, -0.1) is 0 Å². The van der Waals surface area contributed by atoms with Crippen molar-refractivity contribution in [3.63, 3.8) is 0 Å². The van der Waals surface area contributed by atoms with Gasteiger partial charge in [-0.3, -0.25) is 4.79 Å². The Hall–Kier alpha value is -1.09. The summed E-state index contributed by atoms with van der Waals surface area (Å²) in [7, 11) is 0. The first kappa shape index (κ1) is 11.4. The predicted octanol–water partition coefficient (Wildman–Crippen LogP) is 2.49. The minimum Gasteiger partial charge on any atom is -0.336 e. The highest BCUT2D eigenvalue weighted by molar-refractivity contribution is 6.29. The Morgan fingerprint density at radius 2 is 2.38 bits per heavy atom. The largest absolute Gasteiger partial charge is 0.336 e. The van der Waals surface area contributed by atoms with Crippen molar-refractivity contribution < 1.29 is 4.79 Å². The molecule has 1 aromatic rings. The topological polar surface area (TPSA) is 33.2 Å². The van der Waals surface area contributed by atoms with Crippen LogP contribution in [0.5, 0.6) is 0 Å². The van der Waals surface area contributed by atoms with Crippen molar-refractivity contribution in [3.05, 3.63) is 29.0 Å². The highest BCUT2D eigenvalue weighted by Gasteiger charge is 2.28. The van der Waals surface area contributed by atoms with Gasteiger partial charge < -0.3 is 4.90 Å². The molecule has 1 amide bonds. The predicted molar refractivity (Wildman–Crippen MR) is 63.1 cm³/mol. The monoisotopic (exact) mass is 238 g/mol. The van der Waals surface area contributed by atoms with Crippen molar-refractivity contribution in [2.24, 2.45) is 5.92 Å². The highest BCUT2D eigenvalue weighted by Crippen LogP contribution is 2.22. The smallest absolute Gasteiger partial charge is 0.223 e. The number of hydrogen-bond acceptors (Lipinski definition) is 2. The molecule has 0 bridgehead atoms. The fourth-order valence-corrected chi connectivity index (χ4v) is 2.20. The van der Waals surface area contributed by atoms with E-state index in [-0.39, 0.29) is 5.91 Å². The van der Waals surface area contributed by atoms with Crippen LogP contribution >= 0.6 is 11.6 Å². The molecule has 86 valence electrons. The Balaban J connectivity index is 2.03. The number of carbonyl (C=O) groups is 1. The SMILES string of the molecule is CCC1CC(=O)N(Cc2cccc(Cl)n2)C1. The molecule has 1 aliphatic heterocycles. The molecule has 1 fully saturated rings. The number of hydrogen-bond donors (Lipinski definition) is 0. The lowest BCUT2D eigenvalue weighted by atomic mass is 10.1. The van der Waals surface area contributed by atoms with E-state index in [1.54, 1.807) is 6.07 Å². The number of aromatic nitrogens is 1. The summed E-state index contributed by atoms with van der Waals surface area (Å²) in [6.07, 6.45) is 1.74. The van der Waals surface area contributed by atoms with Crippen LogP contribution in [0.2, 0.25) is 5.15 Å². The molecule has 1 atom stereocenters. The second-order valence-electron chi connectivity index (χ2n) is 4.20. The van der Waals surface area contributed by atoms with Crippen LogP contribution in [-0.2, 0) is 11.3 Å². The molecule has 0 spiro atoms. The third kappa shape index (κ3) is 2.53. The molecular weight excluding hydrogens is 224 g/mol. The van der Waals surface area contributed by atoms with Crippen LogP contribution in [0.3, 0.4) is 0 Å². The summed E-state index contributed by atoms with van der Waals surface area (Å²) in [6, 6.07) is 5.51. The Labute approximate surface area is 100 Å². The maximum absolute atomic E-state index is 11.7. The maximum Gasteiger partial charge on any atom is 0.223 e. The number of amides is 1. The summed E-state index contributed by atoms with van der Waals surface area (Å²) in [5, 5.41) is 0.483. The maximum atomic E-state index is 11.7. The van der Waals surface area contributed by atoms with E-state index in [9.17, 15) is 4.79 Å². The average Bonchev–Trinajstić information content (AvgIpc) is 2.60. The van der Waals surface area contributed by atoms with Crippen molar-refractivity contribution in [3.8, 4) is 0 Å². The molecular formula is C12H15ClN2O. The van der Waals surface area contributed by atoms with E-state index >= 15 is 0 Å². The molecule has 0 aliphatic carbocycles. The standard InChI is InChI=1S/C12H15ClN2O/c1-2-9-6-12(16)15(7-9)8-10-4-3-5-11(13)14-10/h3-5,9H,2,6-8H2,1H3. The molecule has 1 aliphatic rings. The van der Waals surface area contributed by atoms with Gasteiger partial charge in [0.05, 0.1) is 12.2 Å². The Kier molecular flexibility index (Phi) is 3.44. The van der Waals surface area contributed by atoms with Crippen LogP contribution in [0, 0.1) is 5.92 Å². The van der Waals surface area contributed by atoms with Gasteiger partial charge in [0.15, 0.2) is 0 Å². The molecule has 0 radical (unpaired) electrons. The first-order chi connectivity index (χ1) is 7.69. The summed E-state index contributed by atoms with van der Waals surface area (Å²) in [5.41, 5.74) is 0.859. The van der Waals surface area contributed by atoms with Gasteiger partial charge in [0, 0.05) is 13.0 Å². The molecule has 2 rings (SSSR count). The summed E-state index contributed by atoms with van der Waals surface area (Å²) < 4.78 is 0. The van der Waals surface area contributed by atoms with Crippen LogP contribution < -0.4 is 0 Å². The molecule has 2 heterocycles. The van der Waals surface area contributed by atoms with E-state index in [2.05, 4.69) is 11.9 Å². The third-order valence-corrected chi connectivity index (χ3v) is 3.21. The molecule has 16 heavy (non-hydrogen) atoms. The zero-order valence-corrected chi connectivity index (χ0v) is 10.1. The molecule has 3 nitrogen and oxygen atoms in total. The van der Waals surface area contributed by atoms with E-state index < -0.39 is 0 Å². The van der Waals surface area contributed by atoms with E-state index in [1.165, 1.54) is 0 Å². The van der Waals surface area contributed by atoms with Crippen molar-refractivity contribution in [2.75, 3.05) is 6.54 Å². The molecule has 1 saturated heterocycles. The van der Waals surface area contributed by atoms with Gasteiger partial charge >= 0.3 is 0 Å². The quantitative estimate of drug-likeness (QED) is 0.758. The van der Waals surface area contributed by atoms with Gasteiger partial charge in [0.25, 0.3) is 0 Å². The van der Waals surface area contributed by atoms with Gasteiger partial charge in [-0.1, -0.05) is 31.0 Å². The molecule has 0 N–H and O–H groups in total. The Morgan fingerprint density at radius 3 is 3.00 bits per heavy atom. The van der Waals surface area contributed by atoms with Crippen LogP contribution in [0.25, 0.3) is 0 Å². The minimum atomic E-state index is 0.230. The fourth-order valence-electron chi connectivity index (χ4n) is 2.01. The van der Waals surface area contributed by atoms with Crippen LogP contribution in [0.15, 0.2) is 18.2 Å². The van der Waals surface area contributed by atoms with E-state index in [0.717, 1.165) is 18.7 Å². The van der Waals surface area contributed by atoms with Crippen molar-refractivity contribution in [2.45, 2.75) is 26.3 Å². The first-order valence-electron chi connectivity index (χ1n) is 5.58. The lowest BCUT2D eigenvalue weighted by Gasteiger charge is -2.15. The van der Waals surface area contributed by atoms with Gasteiger partial charge in [-0.05, 0) is 18.1 Å². The fraction of sp³-hybridized carbons (Fsp3) is 0.500. The van der Waals surface area contributed by atoms with E-state index in [1.807, 2.05) is 17.0 Å². The van der Waals surface area contributed by atoms with Gasteiger partial charge in [0.1, 0.15) is 5.15 Å².